The summed E-state index contributed by atoms with van der Waals surface area (Å²) in [6.07, 6.45) is 4.66. The van der Waals surface area contributed by atoms with Crippen LogP contribution in [0.15, 0.2) is 6.07 Å². The Balaban J connectivity index is 1.83. The lowest BCUT2D eigenvalue weighted by molar-refractivity contribution is -0.141. The molecule has 1 fully saturated rings. The van der Waals surface area contributed by atoms with Gasteiger partial charge >= 0.3 is 5.97 Å². The Morgan fingerprint density at radius 2 is 2.17 bits per heavy atom. The molecule has 4 nitrogen and oxygen atoms in total. The second-order valence-electron chi connectivity index (χ2n) is 4.91. The number of fused-ring (bicyclic) bond motifs is 1. The third-order valence-corrected chi connectivity index (χ3v) is 4.98. The second-order valence-corrected chi connectivity index (χ2v) is 6.04. The summed E-state index contributed by atoms with van der Waals surface area (Å²) in [5.41, 5.74) is 1.29. The molecule has 0 spiro atoms. The molecule has 1 aromatic heterocycles. The van der Waals surface area contributed by atoms with E-state index in [0.717, 1.165) is 19.3 Å². The standard InChI is InChI=1S/C13H15NO3S/c15-12(14-6-2-4-9(14)13(16)17)11-7-8-3-1-5-10(8)18-11/h7,9H,1-6H2,(H,16,17). The van der Waals surface area contributed by atoms with Gasteiger partial charge in [0.05, 0.1) is 4.88 Å². The first kappa shape index (κ1) is 11.7. The Morgan fingerprint density at radius 1 is 1.33 bits per heavy atom. The molecule has 5 heteroatoms. The number of hydrogen-bond acceptors (Lipinski definition) is 3. The lowest BCUT2D eigenvalue weighted by atomic mass is 10.2. The van der Waals surface area contributed by atoms with E-state index in [4.69, 9.17) is 5.11 Å². The van der Waals surface area contributed by atoms with Gasteiger partial charge < -0.3 is 10.0 Å². The maximum atomic E-state index is 12.3. The number of rotatable bonds is 2. The van der Waals surface area contributed by atoms with Crippen LogP contribution in [0.4, 0.5) is 0 Å². The van der Waals surface area contributed by atoms with Gasteiger partial charge in [0.15, 0.2) is 0 Å². The molecular formula is C13H15NO3S. The molecule has 0 bridgehead atoms. The van der Waals surface area contributed by atoms with Gasteiger partial charge in [-0.25, -0.2) is 4.79 Å². The molecule has 2 heterocycles. The van der Waals surface area contributed by atoms with Crippen LogP contribution < -0.4 is 0 Å². The Morgan fingerprint density at radius 3 is 2.89 bits per heavy atom. The van der Waals surface area contributed by atoms with E-state index in [1.807, 2.05) is 6.07 Å². The van der Waals surface area contributed by atoms with Crippen molar-refractivity contribution >= 4 is 23.2 Å². The molecule has 0 radical (unpaired) electrons. The predicted molar refractivity (Wildman–Crippen MR) is 68.0 cm³/mol. The molecule has 1 N–H and O–H groups in total. The first-order valence-electron chi connectivity index (χ1n) is 6.32. The van der Waals surface area contributed by atoms with E-state index < -0.39 is 12.0 Å². The Hall–Kier alpha value is -1.36. The van der Waals surface area contributed by atoms with Gasteiger partial charge in [-0.15, -0.1) is 11.3 Å². The van der Waals surface area contributed by atoms with Crippen LogP contribution >= 0.6 is 11.3 Å². The smallest absolute Gasteiger partial charge is 0.326 e. The maximum Gasteiger partial charge on any atom is 0.326 e. The molecule has 1 aromatic rings. The van der Waals surface area contributed by atoms with Gasteiger partial charge in [-0.1, -0.05) is 0 Å². The number of thiophene rings is 1. The van der Waals surface area contributed by atoms with Crippen molar-refractivity contribution in [3.05, 3.63) is 21.4 Å². The van der Waals surface area contributed by atoms with E-state index in [-0.39, 0.29) is 5.91 Å². The number of carboxylic acid groups (broad SMARTS) is 1. The second kappa shape index (κ2) is 4.39. The number of amides is 1. The molecule has 0 aromatic carbocycles. The third kappa shape index (κ3) is 1.82. The van der Waals surface area contributed by atoms with Crippen molar-refractivity contribution in [3.63, 3.8) is 0 Å². The molecule has 1 aliphatic carbocycles. The van der Waals surface area contributed by atoms with Gasteiger partial charge in [-0.05, 0) is 43.7 Å². The van der Waals surface area contributed by atoms with Crippen LogP contribution in [0, 0.1) is 0 Å². The number of carboxylic acids is 1. The first-order valence-corrected chi connectivity index (χ1v) is 7.14. The average Bonchev–Trinajstić information content (AvgIpc) is 3.02. The fourth-order valence-corrected chi connectivity index (χ4v) is 4.05. The molecule has 1 aliphatic heterocycles. The Kier molecular flexibility index (Phi) is 2.86. The number of carbonyl (C=O) groups excluding carboxylic acids is 1. The molecule has 3 rings (SSSR count). The molecule has 1 unspecified atom stereocenters. The molecule has 1 saturated heterocycles. The first-order chi connectivity index (χ1) is 8.66. The molecular weight excluding hydrogens is 250 g/mol. The van der Waals surface area contributed by atoms with E-state index in [1.54, 1.807) is 11.3 Å². The lowest BCUT2D eigenvalue weighted by Gasteiger charge is -2.20. The van der Waals surface area contributed by atoms with Crippen molar-refractivity contribution in [2.45, 2.75) is 38.1 Å². The van der Waals surface area contributed by atoms with Gasteiger partial charge in [-0.3, -0.25) is 4.79 Å². The summed E-state index contributed by atoms with van der Waals surface area (Å²) < 4.78 is 0. The number of hydrogen-bond donors (Lipinski definition) is 1. The van der Waals surface area contributed by atoms with Crippen molar-refractivity contribution in [1.29, 1.82) is 0 Å². The van der Waals surface area contributed by atoms with Crippen molar-refractivity contribution in [1.82, 2.24) is 4.90 Å². The summed E-state index contributed by atoms with van der Waals surface area (Å²) in [6.45, 7) is 0.568. The summed E-state index contributed by atoms with van der Waals surface area (Å²) in [4.78, 5) is 27.0. The highest BCUT2D eigenvalue weighted by molar-refractivity contribution is 7.14. The fourth-order valence-electron chi connectivity index (χ4n) is 2.84. The zero-order valence-electron chi connectivity index (χ0n) is 10.0. The number of aliphatic carboxylic acids is 1. The van der Waals surface area contributed by atoms with E-state index in [2.05, 4.69) is 0 Å². The van der Waals surface area contributed by atoms with E-state index in [1.165, 1.54) is 21.8 Å². The number of likely N-dealkylation sites (tertiary alicyclic amines) is 1. The summed E-state index contributed by atoms with van der Waals surface area (Å²) in [6, 6.07) is 1.33. The predicted octanol–water partition coefficient (Wildman–Crippen LogP) is 1.93. The highest BCUT2D eigenvalue weighted by atomic mass is 32.1. The van der Waals surface area contributed by atoms with Gasteiger partial charge in [-0.2, -0.15) is 0 Å². The minimum Gasteiger partial charge on any atom is -0.480 e. The summed E-state index contributed by atoms with van der Waals surface area (Å²) in [5, 5.41) is 9.11. The van der Waals surface area contributed by atoms with Crippen LogP contribution in [-0.4, -0.2) is 34.5 Å². The van der Waals surface area contributed by atoms with Crippen LogP contribution in [0.1, 0.15) is 39.4 Å². The number of aryl methyl sites for hydroxylation is 2. The lowest BCUT2D eigenvalue weighted by Crippen LogP contribution is -2.40. The average molecular weight is 265 g/mol. The fraction of sp³-hybridized carbons (Fsp3) is 0.538. The van der Waals surface area contributed by atoms with Crippen LogP contribution in [0.2, 0.25) is 0 Å². The summed E-state index contributed by atoms with van der Waals surface area (Å²) >= 11 is 1.55. The summed E-state index contributed by atoms with van der Waals surface area (Å²) in [5.74, 6) is -0.982. The SMILES string of the molecule is O=C(O)C1CCCN1C(=O)c1cc2c(s1)CCC2. The maximum absolute atomic E-state index is 12.3. The highest BCUT2D eigenvalue weighted by Crippen LogP contribution is 2.32. The monoisotopic (exact) mass is 265 g/mol. The van der Waals surface area contributed by atoms with Gasteiger partial charge in [0.1, 0.15) is 6.04 Å². The zero-order chi connectivity index (χ0) is 12.7. The van der Waals surface area contributed by atoms with Crippen molar-refractivity contribution < 1.29 is 14.7 Å². The van der Waals surface area contributed by atoms with Crippen molar-refractivity contribution in [2.24, 2.45) is 0 Å². The molecule has 1 amide bonds. The normalized spacial score (nSPS) is 22.2. The topological polar surface area (TPSA) is 57.6 Å². The summed E-state index contributed by atoms with van der Waals surface area (Å²) in [7, 11) is 0. The van der Waals surface area contributed by atoms with E-state index in [0.29, 0.717) is 17.8 Å². The van der Waals surface area contributed by atoms with Gasteiger partial charge in [0.2, 0.25) is 0 Å². The largest absolute Gasteiger partial charge is 0.480 e. The van der Waals surface area contributed by atoms with Crippen molar-refractivity contribution in [2.75, 3.05) is 6.54 Å². The minimum absolute atomic E-state index is 0.0979. The van der Waals surface area contributed by atoms with Gasteiger partial charge in [0.25, 0.3) is 5.91 Å². The Labute approximate surface area is 109 Å². The zero-order valence-corrected chi connectivity index (χ0v) is 10.8. The van der Waals surface area contributed by atoms with Crippen LogP contribution in [-0.2, 0) is 17.6 Å². The molecule has 0 saturated carbocycles. The number of nitrogens with zero attached hydrogens (tertiary/aromatic N) is 1. The number of carbonyl (C=O) groups is 2. The van der Waals surface area contributed by atoms with E-state index >= 15 is 0 Å². The van der Waals surface area contributed by atoms with Crippen LogP contribution in [0.3, 0.4) is 0 Å². The quantitative estimate of drug-likeness (QED) is 0.889. The Bertz CT molecular complexity index is 487. The van der Waals surface area contributed by atoms with Crippen LogP contribution in [0.25, 0.3) is 0 Å². The highest BCUT2D eigenvalue weighted by Gasteiger charge is 2.35. The van der Waals surface area contributed by atoms with Crippen molar-refractivity contribution in [3.8, 4) is 0 Å². The molecule has 96 valence electrons. The third-order valence-electron chi connectivity index (χ3n) is 3.76. The molecule has 1 atom stereocenters. The van der Waals surface area contributed by atoms with Gasteiger partial charge in [0, 0.05) is 11.4 Å². The molecule has 2 aliphatic rings. The van der Waals surface area contributed by atoms with E-state index in [9.17, 15) is 9.59 Å². The molecule has 18 heavy (non-hydrogen) atoms. The minimum atomic E-state index is -0.884. The van der Waals surface area contributed by atoms with Crippen LogP contribution in [0.5, 0.6) is 0 Å².